The van der Waals surface area contributed by atoms with E-state index in [4.69, 9.17) is 17.3 Å². The number of thioether (sulfide) groups is 2. The molecule has 146 valence electrons. The molecule has 14 heteroatoms. The summed E-state index contributed by atoms with van der Waals surface area (Å²) < 4.78 is 0. The van der Waals surface area contributed by atoms with Gasteiger partial charge in [0.25, 0.3) is 5.91 Å². The number of carboxylic acid groups (broad SMARTS) is 1. The van der Waals surface area contributed by atoms with Crippen molar-refractivity contribution in [2.45, 2.75) is 16.6 Å². The van der Waals surface area contributed by atoms with Gasteiger partial charge in [-0.05, 0) is 0 Å². The standard InChI is InChI=1S/C14H12ClN7O4S2/c15-1-6(23)18-7-11(24)22-8(13(25)26)5(3-27-12(7)22)28-14-19-9(16)4-2-17-21-10(4)20-14/h2,7,12H,1,3H2,(H,18,23)(H,25,26)(H3,16,17,19,20,21)/t7?,12-/m1/s1. The third-order valence-corrected chi connectivity index (χ3v) is 6.76. The summed E-state index contributed by atoms with van der Waals surface area (Å²) in [6.07, 6.45) is 1.50. The first-order valence-corrected chi connectivity index (χ1v) is 10.2. The molecule has 2 aromatic heterocycles. The Balaban J connectivity index is 1.63. The average Bonchev–Trinajstić information content (AvgIpc) is 3.14. The number of anilines is 1. The number of nitrogens with two attached hydrogens (primary N) is 1. The number of hydrogen-bond donors (Lipinski definition) is 4. The van der Waals surface area contributed by atoms with Crippen LogP contribution in [0, 0.1) is 0 Å². The highest BCUT2D eigenvalue weighted by Crippen LogP contribution is 2.44. The van der Waals surface area contributed by atoms with Crippen LogP contribution < -0.4 is 11.1 Å². The number of amides is 2. The third-order valence-electron chi connectivity index (χ3n) is 4.11. The molecular formula is C14H12ClN7O4S2. The lowest BCUT2D eigenvalue weighted by atomic mass is 10.1. The fourth-order valence-electron chi connectivity index (χ4n) is 2.87. The molecule has 0 radical (unpaired) electrons. The van der Waals surface area contributed by atoms with E-state index >= 15 is 0 Å². The molecule has 0 saturated carbocycles. The molecule has 0 spiro atoms. The summed E-state index contributed by atoms with van der Waals surface area (Å²) in [5.41, 5.74) is 6.16. The van der Waals surface area contributed by atoms with Gasteiger partial charge in [0, 0.05) is 10.7 Å². The molecule has 1 saturated heterocycles. The van der Waals surface area contributed by atoms with Crippen molar-refractivity contribution in [2.24, 2.45) is 0 Å². The summed E-state index contributed by atoms with van der Waals surface area (Å²) in [7, 11) is 0. The number of halogens is 1. The molecule has 4 heterocycles. The number of H-pyrrole nitrogens is 1. The zero-order chi connectivity index (χ0) is 20.0. The van der Waals surface area contributed by atoms with E-state index in [0.717, 1.165) is 16.7 Å². The SMILES string of the molecule is Nc1nc(SC2=C(C(=O)O)N3C(=O)C(NC(=O)CCl)[C@H]3SC2)nc2[nH]ncc12. The monoisotopic (exact) mass is 441 g/mol. The van der Waals surface area contributed by atoms with Crippen molar-refractivity contribution < 1.29 is 19.5 Å². The van der Waals surface area contributed by atoms with Gasteiger partial charge in [-0.25, -0.2) is 14.8 Å². The number of aliphatic carboxylic acids is 1. The number of carbonyl (C=O) groups excluding carboxylic acids is 2. The van der Waals surface area contributed by atoms with Crippen molar-refractivity contribution in [3.8, 4) is 0 Å². The van der Waals surface area contributed by atoms with E-state index in [1.54, 1.807) is 0 Å². The Hall–Kier alpha value is -2.51. The summed E-state index contributed by atoms with van der Waals surface area (Å²) in [5, 5.41) is 19.0. The molecule has 2 aliphatic rings. The van der Waals surface area contributed by atoms with Crippen LogP contribution >= 0.6 is 35.1 Å². The minimum atomic E-state index is -1.25. The Morgan fingerprint density at radius 3 is 3.00 bits per heavy atom. The van der Waals surface area contributed by atoms with Crippen molar-refractivity contribution in [3.63, 3.8) is 0 Å². The summed E-state index contributed by atoms with van der Waals surface area (Å²) in [4.78, 5) is 45.8. The van der Waals surface area contributed by atoms with E-state index in [1.165, 1.54) is 18.0 Å². The van der Waals surface area contributed by atoms with Gasteiger partial charge in [-0.3, -0.25) is 19.6 Å². The quantitative estimate of drug-likeness (QED) is 0.280. The highest BCUT2D eigenvalue weighted by atomic mass is 35.5. The number of nitrogens with one attached hydrogen (secondary N) is 2. The van der Waals surface area contributed by atoms with Crippen molar-refractivity contribution in [1.29, 1.82) is 0 Å². The zero-order valence-corrected chi connectivity index (χ0v) is 16.3. The largest absolute Gasteiger partial charge is 0.477 e. The summed E-state index contributed by atoms with van der Waals surface area (Å²) >= 11 is 7.81. The highest BCUT2D eigenvalue weighted by molar-refractivity contribution is 8.06. The normalized spacial score (nSPS) is 21.5. The molecule has 0 aliphatic carbocycles. The molecule has 0 aromatic carbocycles. The van der Waals surface area contributed by atoms with Crippen LogP contribution in [0.25, 0.3) is 11.0 Å². The number of carbonyl (C=O) groups is 3. The molecule has 0 bridgehead atoms. The maximum Gasteiger partial charge on any atom is 0.353 e. The van der Waals surface area contributed by atoms with Gasteiger partial charge < -0.3 is 16.2 Å². The van der Waals surface area contributed by atoms with Gasteiger partial charge in [0.05, 0.1) is 11.6 Å². The molecule has 4 rings (SSSR count). The van der Waals surface area contributed by atoms with Gasteiger partial charge in [-0.2, -0.15) is 5.10 Å². The van der Waals surface area contributed by atoms with E-state index in [1.807, 2.05) is 0 Å². The number of nitrogen functional groups attached to an aromatic ring is 1. The number of β-lactam (4-membered cyclic amide) rings is 1. The van der Waals surface area contributed by atoms with Crippen molar-refractivity contribution in [2.75, 3.05) is 17.4 Å². The van der Waals surface area contributed by atoms with Gasteiger partial charge in [0.15, 0.2) is 10.8 Å². The lowest BCUT2D eigenvalue weighted by Gasteiger charge is -2.49. The van der Waals surface area contributed by atoms with Gasteiger partial charge in [-0.1, -0.05) is 11.8 Å². The molecule has 28 heavy (non-hydrogen) atoms. The Kier molecular flexibility index (Phi) is 4.81. The van der Waals surface area contributed by atoms with Gasteiger partial charge in [-0.15, -0.1) is 23.4 Å². The second-order valence-electron chi connectivity index (χ2n) is 5.79. The van der Waals surface area contributed by atoms with E-state index < -0.39 is 29.2 Å². The van der Waals surface area contributed by atoms with Gasteiger partial charge in [0.2, 0.25) is 5.91 Å². The number of nitrogens with zero attached hydrogens (tertiary/aromatic N) is 4. The number of fused-ring (bicyclic) bond motifs is 2. The highest BCUT2D eigenvalue weighted by Gasteiger charge is 2.54. The maximum absolute atomic E-state index is 12.4. The molecule has 11 nitrogen and oxygen atoms in total. The lowest BCUT2D eigenvalue weighted by molar-refractivity contribution is -0.150. The van der Waals surface area contributed by atoms with Crippen molar-refractivity contribution in [3.05, 3.63) is 16.8 Å². The predicted molar refractivity (Wildman–Crippen MR) is 102 cm³/mol. The van der Waals surface area contributed by atoms with Crippen LogP contribution in [0.3, 0.4) is 0 Å². The number of carboxylic acids is 1. The number of rotatable bonds is 5. The fraction of sp³-hybridized carbons (Fsp3) is 0.286. The van der Waals surface area contributed by atoms with Crippen LogP contribution in [-0.2, 0) is 14.4 Å². The molecule has 5 N–H and O–H groups in total. The summed E-state index contributed by atoms with van der Waals surface area (Å²) in [6, 6.07) is -0.801. The topological polar surface area (TPSA) is 167 Å². The zero-order valence-electron chi connectivity index (χ0n) is 13.9. The molecule has 2 amide bonds. The van der Waals surface area contributed by atoms with Crippen molar-refractivity contribution in [1.82, 2.24) is 30.4 Å². The Labute approximate surface area is 170 Å². The molecule has 2 atom stereocenters. The molecule has 1 fully saturated rings. The molecule has 2 aliphatic heterocycles. The minimum Gasteiger partial charge on any atom is -0.477 e. The number of hydrogen-bond acceptors (Lipinski definition) is 9. The first kappa shape index (κ1) is 18.8. The van der Waals surface area contributed by atoms with Crippen LogP contribution in [0.15, 0.2) is 22.0 Å². The Bertz CT molecular complexity index is 1040. The molecular weight excluding hydrogens is 430 g/mol. The van der Waals surface area contributed by atoms with E-state index in [2.05, 4.69) is 25.5 Å². The predicted octanol–water partition coefficient (Wildman–Crippen LogP) is -0.0379. The number of aromatic nitrogens is 4. The average molecular weight is 442 g/mol. The fourth-order valence-corrected chi connectivity index (χ4v) is 5.37. The molecule has 2 aromatic rings. The van der Waals surface area contributed by atoms with Crippen LogP contribution in [-0.4, -0.2) is 71.0 Å². The van der Waals surface area contributed by atoms with Crippen LogP contribution in [0.2, 0.25) is 0 Å². The first-order valence-electron chi connectivity index (χ1n) is 7.81. The van der Waals surface area contributed by atoms with Crippen molar-refractivity contribution >= 4 is 69.8 Å². The van der Waals surface area contributed by atoms with E-state index in [-0.39, 0.29) is 22.6 Å². The number of aromatic amines is 1. The van der Waals surface area contributed by atoms with Crippen LogP contribution in [0.5, 0.6) is 0 Å². The van der Waals surface area contributed by atoms with Crippen LogP contribution in [0.4, 0.5) is 5.82 Å². The minimum absolute atomic E-state index is 0.151. The second-order valence-corrected chi connectivity index (χ2v) is 8.23. The lowest BCUT2D eigenvalue weighted by Crippen LogP contribution is -2.70. The summed E-state index contributed by atoms with van der Waals surface area (Å²) in [5.74, 6) is -2.01. The smallest absolute Gasteiger partial charge is 0.353 e. The maximum atomic E-state index is 12.4. The third kappa shape index (κ3) is 3.04. The van der Waals surface area contributed by atoms with Gasteiger partial charge >= 0.3 is 5.97 Å². The Morgan fingerprint density at radius 1 is 1.50 bits per heavy atom. The van der Waals surface area contributed by atoms with E-state index in [9.17, 15) is 19.5 Å². The van der Waals surface area contributed by atoms with Crippen LogP contribution in [0.1, 0.15) is 0 Å². The molecule has 1 unspecified atom stereocenters. The van der Waals surface area contributed by atoms with E-state index in [0.29, 0.717) is 21.7 Å². The Morgan fingerprint density at radius 2 is 2.29 bits per heavy atom. The van der Waals surface area contributed by atoms with Gasteiger partial charge in [0.1, 0.15) is 28.8 Å². The second kappa shape index (κ2) is 7.14. The summed E-state index contributed by atoms with van der Waals surface area (Å²) in [6.45, 7) is 0. The first-order chi connectivity index (χ1) is 13.4. The number of alkyl halides is 1.